The molecule has 0 aromatic carbocycles. The molecular weight excluding hydrogens is 448 g/mol. The van der Waals surface area contributed by atoms with E-state index in [-0.39, 0.29) is 5.56 Å². The SMILES string of the molecule is CNCc1cnc2n1CC=C(c1ncc(F)c(F)c1CCC/C(CC(C)(C)N)=C(\C)N(C)N)C=C2. The molecular formula is C26H37F2N7. The molecule has 7 nitrogen and oxygen atoms in total. The molecule has 5 N–H and O–H groups in total. The molecule has 0 aliphatic carbocycles. The van der Waals surface area contributed by atoms with E-state index in [2.05, 4.69) is 19.9 Å². The van der Waals surface area contributed by atoms with Crippen molar-refractivity contribution in [2.24, 2.45) is 11.6 Å². The number of hydrazine groups is 1. The van der Waals surface area contributed by atoms with Crippen LogP contribution in [0, 0.1) is 11.6 Å². The van der Waals surface area contributed by atoms with E-state index < -0.39 is 17.2 Å². The molecule has 0 saturated heterocycles. The van der Waals surface area contributed by atoms with Crippen molar-refractivity contribution < 1.29 is 8.78 Å². The van der Waals surface area contributed by atoms with Crippen LogP contribution in [-0.2, 0) is 19.5 Å². The van der Waals surface area contributed by atoms with Gasteiger partial charge in [0, 0.05) is 36.9 Å². The molecule has 3 heterocycles. The number of pyridine rings is 1. The second-order valence-electron chi connectivity index (χ2n) is 9.81. The highest BCUT2D eigenvalue weighted by molar-refractivity contribution is 5.78. The molecule has 0 atom stereocenters. The van der Waals surface area contributed by atoms with Gasteiger partial charge in [0.1, 0.15) is 5.82 Å². The first-order valence-electron chi connectivity index (χ1n) is 11.9. The number of allylic oxidation sites excluding steroid dienone is 4. The van der Waals surface area contributed by atoms with Crippen LogP contribution >= 0.6 is 0 Å². The summed E-state index contributed by atoms with van der Waals surface area (Å²) in [5, 5.41) is 4.71. The van der Waals surface area contributed by atoms with E-state index >= 15 is 4.39 Å². The van der Waals surface area contributed by atoms with Crippen LogP contribution in [0.25, 0.3) is 11.6 Å². The van der Waals surface area contributed by atoms with Crippen molar-refractivity contribution in [3.05, 3.63) is 70.2 Å². The quantitative estimate of drug-likeness (QED) is 0.349. The third kappa shape index (κ3) is 6.62. The molecule has 190 valence electrons. The zero-order valence-electron chi connectivity index (χ0n) is 21.3. The lowest BCUT2D eigenvalue weighted by Gasteiger charge is -2.25. The number of rotatable bonds is 10. The lowest BCUT2D eigenvalue weighted by atomic mass is 9.90. The second kappa shape index (κ2) is 11.2. The number of imidazole rings is 1. The molecule has 3 rings (SSSR count). The third-order valence-electron chi connectivity index (χ3n) is 6.19. The highest BCUT2D eigenvalue weighted by Crippen LogP contribution is 2.29. The zero-order valence-corrected chi connectivity index (χ0v) is 21.3. The van der Waals surface area contributed by atoms with Gasteiger partial charge in [-0.25, -0.2) is 19.6 Å². The van der Waals surface area contributed by atoms with E-state index in [4.69, 9.17) is 11.6 Å². The Labute approximate surface area is 206 Å². The molecule has 1 aliphatic heterocycles. The van der Waals surface area contributed by atoms with Gasteiger partial charge in [-0.1, -0.05) is 6.08 Å². The number of hydrogen-bond acceptors (Lipinski definition) is 6. The van der Waals surface area contributed by atoms with Crippen LogP contribution < -0.4 is 16.9 Å². The summed E-state index contributed by atoms with van der Waals surface area (Å²) in [6.45, 7) is 7.12. The number of nitrogens with zero attached hydrogens (tertiary/aromatic N) is 4. The van der Waals surface area contributed by atoms with Crippen LogP contribution in [-0.4, -0.2) is 39.2 Å². The maximum atomic E-state index is 15.0. The molecule has 2 aromatic heterocycles. The van der Waals surface area contributed by atoms with Crippen molar-refractivity contribution in [2.45, 2.75) is 65.1 Å². The molecule has 0 radical (unpaired) electrons. The van der Waals surface area contributed by atoms with Crippen LogP contribution in [0.4, 0.5) is 8.78 Å². The van der Waals surface area contributed by atoms with Crippen LogP contribution in [0.5, 0.6) is 0 Å². The van der Waals surface area contributed by atoms with Gasteiger partial charge in [-0.3, -0.25) is 4.98 Å². The monoisotopic (exact) mass is 485 g/mol. The summed E-state index contributed by atoms with van der Waals surface area (Å²) in [7, 11) is 3.66. The Hall–Kier alpha value is -2.88. The van der Waals surface area contributed by atoms with E-state index in [0.29, 0.717) is 44.5 Å². The molecule has 35 heavy (non-hydrogen) atoms. The third-order valence-corrected chi connectivity index (χ3v) is 6.19. The molecule has 1 aliphatic rings. The number of nitrogens with one attached hydrogen (secondary N) is 1. The number of halogens is 2. The van der Waals surface area contributed by atoms with Crippen molar-refractivity contribution >= 4 is 11.6 Å². The standard InChI is InChI=1S/C26H37F2N7/c1-17(34(5)30)19(13-26(2,3)29)7-6-8-21-24(28)22(27)16-33-25(21)18-9-10-23-32-15-20(14-31-4)35(23)12-11-18/h9-11,15-16,31H,6-8,12-14,29-30H2,1-5H3/b19-17-. The fourth-order valence-electron chi connectivity index (χ4n) is 4.35. The Morgan fingerprint density at radius 1 is 1.23 bits per heavy atom. The van der Waals surface area contributed by atoms with E-state index in [1.165, 1.54) is 0 Å². The normalized spacial score (nSPS) is 14.4. The highest BCUT2D eigenvalue weighted by Gasteiger charge is 2.20. The minimum Gasteiger partial charge on any atom is -0.325 e. The topological polar surface area (TPSA) is 98.0 Å². The maximum absolute atomic E-state index is 15.0. The van der Waals surface area contributed by atoms with Gasteiger partial charge in [0.05, 0.1) is 23.8 Å². The molecule has 0 fully saturated rings. The fourth-order valence-corrected chi connectivity index (χ4v) is 4.35. The summed E-state index contributed by atoms with van der Waals surface area (Å²) < 4.78 is 31.3. The van der Waals surface area contributed by atoms with Crippen LogP contribution in [0.15, 0.2) is 35.8 Å². The van der Waals surface area contributed by atoms with Crippen LogP contribution in [0.2, 0.25) is 0 Å². The first-order chi connectivity index (χ1) is 16.5. The van der Waals surface area contributed by atoms with E-state index in [1.54, 1.807) is 12.1 Å². The van der Waals surface area contributed by atoms with Gasteiger partial charge in [0.2, 0.25) is 0 Å². The summed E-state index contributed by atoms with van der Waals surface area (Å²) >= 11 is 0. The second-order valence-corrected chi connectivity index (χ2v) is 9.81. The summed E-state index contributed by atoms with van der Waals surface area (Å²) in [4.78, 5) is 8.76. The molecule has 0 saturated carbocycles. The number of fused-ring (bicyclic) bond motifs is 1. The van der Waals surface area contributed by atoms with Crippen LogP contribution in [0.1, 0.15) is 62.8 Å². The zero-order chi connectivity index (χ0) is 25.8. The van der Waals surface area contributed by atoms with Gasteiger partial charge >= 0.3 is 0 Å². The van der Waals surface area contributed by atoms with Crippen molar-refractivity contribution in [3.63, 3.8) is 0 Å². The van der Waals surface area contributed by atoms with Gasteiger partial charge in [0.15, 0.2) is 11.6 Å². The van der Waals surface area contributed by atoms with E-state index in [1.807, 2.05) is 52.2 Å². The van der Waals surface area contributed by atoms with Crippen molar-refractivity contribution in [1.82, 2.24) is 24.9 Å². The van der Waals surface area contributed by atoms with Crippen molar-refractivity contribution in [2.75, 3.05) is 14.1 Å². The smallest absolute Gasteiger partial charge is 0.177 e. The average Bonchev–Trinajstić information content (AvgIpc) is 3.03. The molecule has 2 aromatic rings. The van der Waals surface area contributed by atoms with E-state index in [9.17, 15) is 4.39 Å². The summed E-state index contributed by atoms with van der Waals surface area (Å²) in [5.74, 6) is 4.99. The molecule has 0 amide bonds. The van der Waals surface area contributed by atoms with Gasteiger partial charge in [0.25, 0.3) is 0 Å². The summed E-state index contributed by atoms with van der Waals surface area (Å²) in [6, 6.07) is 0. The summed E-state index contributed by atoms with van der Waals surface area (Å²) in [6.07, 6.45) is 10.8. The van der Waals surface area contributed by atoms with Gasteiger partial charge in [-0.2, -0.15) is 0 Å². The first-order valence-corrected chi connectivity index (χ1v) is 11.9. The van der Waals surface area contributed by atoms with E-state index in [0.717, 1.165) is 34.6 Å². The minimum atomic E-state index is -0.942. The van der Waals surface area contributed by atoms with Gasteiger partial charge < -0.3 is 20.6 Å². The summed E-state index contributed by atoms with van der Waals surface area (Å²) in [5.41, 5.74) is 10.4. The lowest BCUT2D eigenvalue weighted by molar-refractivity contribution is 0.417. The molecule has 0 spiro atoms. The Morgan fingerprint density at radius 3 is 2.63 bits per heavy atom. The average molecular weight is 486 g/mol. The Morgan fingerprint density at radius 2 is 1.97 bits per heavy atom. The van der Waals surface area contributed by atoms with Crippen molar-refractivity contribution in [1.29, 1.82) is 0 Å². The number of nitrogens with two attached hydrogens (primary N) is 2. The Balaban J connectivity index is 1.86. The Kier molecular flexibility index (Phi) is 8.58. The highest BCUT2D eigenvalue weighted by atomic mass is 19.2. The molecule has 0 bridgehead atoms. The number of aromatic nitrogens is 3. The Bertz CT molecular complexity index is 1140. The molecule has 9 heteroatoms. The van der Waals surface area contributed by atoms with Gasteiger partial charge in [-0.15, -0.1) is 0 Å². The maximum Gasteiger partial charge on any atom is 0.177 e. The lowest BCUT2D eigenvalue weighted by Crippen LogP contribution is -2.34. The van der Waals surface area contributed by atoms with Gasteiger partial charge in [-0.05, 0) is 76.8 Å². The minimum absolute atomic E-state index is 0.279. The van der Waals surface area contributed by atoms with Crippen molar-refractivity contribution in [3.8, 4) is 0 Å². The predicted octanol–water partition coefficient (Wildman–Crippen LogP) is 3.92. The predicted molar refractivity (Wildman–Crippen MR) is 137 cm³/mol. The molecule has 0 unspecified atom stereocenters. The fraction of sp³-hybridized carbons (Fsp3) is 0.462. The largest absolute Gasteiger partial charge is 0.325 e. The first kappa shape index (κ1) is 26.7. The van der Waals surface area contributed by atoms with Crippen LogP contribution in [0.3, 0.4) is 0 Å². The number of hydrogen-bond donors (Lipinski definition) is 3.